The second-order valence-corrected chi connectivity index (χ2v) is 15.4. The number of fused-ring (bicyclic) bond motifs is 9. The summed E-state index contributed by atoms with van der Waals surface area (Å²) in [6.07, 6.45) is 4.48. The lowest BCUT2D eigenvalue weighted by atomic mass is 10.0. The normalized spacial score (nSPS) is 13.1. The molecule has 49 heavy (non-hydrogen) atoms. The van der Waals surface area contributed by atoms with Crippen molar-refractivity contribution in [2.45, 2.75) is 6.92 Å². The first-order valence-electron chi connectivity index (χ1n) is 16.9. The largest absolute Gasteiger partial charge is 0.306 e. The summed E-state index contributed by atoms with van der Waals surface area (Å²) in [6, 6.07) is 47.3. The predicted molar refractivity (Wildman–Crippen MR) is 207 cm³/mol. The number of hydrogen-bond acceptors (Lipinski definition) is 0. The van der Waals surface area contributed by atoms with Crippen LogP contribution < -0.4 is 0 Å². The maximum Gasteiger partial charge on any atom is 0.306 e. The number of para-hydroxylation sites is 4. The highest BCUT2D eigenvalue weighted by molar-refractivity contribution is 7.62. The summed E-state index contributed by atoms with van der Waals surface area (Å²) < 4.78 is 12.4. The van der Waals surface area contributed by atoms with Gasteiger partial charge in [0.05, 0.1) is 33.0 Å². The molecular formula is C43H29N5P+. The van der Waals surface area contributed by atoms with Crippen molar-refractivity contribution in [1.82, 2.24) is 22.5 Å². The molecule has 0 saturated heterocycles. The minimum Gasteiger partial charge on any atom is -0.305 e. The minimum atomic E-state index is -0.937. The summed E-state index contributed by atoms with van der Waals surface area (Å²) in [7, 11) is 1.28. The standard InChI is InChI=1S/C43H29N5P/c1-26-37-35-25-30-29-17-9-10-18-31(29)48(40(26)30)32-19-11-12-20-36(32)49-41-34(45-24-23-44(2)43(45)49)22-21-33-38(41)39(37)42(46(33)27-13-5-3-6-14-27)47(35)28-15-7-4-8-16-28/h3-25H,1-2H3/q+1. The van der Waals surface area contributed by atoms with Gasteiger partial charge in [0.2, 0.25) is 7.34 Å². The number of aromatic nitrogens is 5. The second-order valence-electron chi connectivity index (χ2n) is 13.4. The van der Waals surface area contributed by atoms with Gasteiger partial charge in [0.25, 0.3) is 0 Å². The van der Waals surface area contributed by atoms with E-state index in [0.717, 1.165) is 0 Å². The van der Waals surface area contributed by atoms with E-state index in [2.05, 4.69) is 176 Å². The van der Waals surface area contributed by atoms with Crippen LogP contribution in [0.3, 0.4) is 0 Å². The molecule has 12 rings (SSSR count). The Hall–Kier alpha value is -6.03. The maximum absolute atomic E-state index is 2.58. The Morgan fingerprint density at radius 2 is 1.18 bits per heavy atom. The molecule has 5 nitrogen and oxygen atoms in total. The van der Waals surface area contributed by atoms with Crippen LogP contribution in [-0.2, 0) is 7.05 Å². The monoisotopic (exact) mass is 646 g/mol. The van der Waals surface area contributed by atoms with Crippen molar-refractivity contribution < 1.29 is 0 Å². The van der Waals surface area contributed by atoms with Crippen molar-refractivity contribution in [3.63, 3.8) is 0 Å². The van der Waals surface area contributed by atoms with Crippen LogP contribution in [0.4, 0.5) is 0 Å². The average Bonchev–Trinajstić information content (AvgIpc) is 3.93. The highest BCUT2D eigenvalue weighted by atomic mass is 31.1. The minimum absolute atomic E-state index is 0.937. The third-order valence-corrected chi connectivity index (χ3v) is 13.7. The zero-order valence-corrected chi connectivity index (χ0v) is 27.9. The second kappa shape index (κ2) is 8.90. The zero-order chi connectivity index (χ0) is 32.1. The average molecular weight is 647 g/mol. The molecule has 0 amide bonds. The zero-order valence-electron chi connectivity index (χ0n) is 27.0. The van der Waals surface area contributed by atoms with E-state index in [0.29, 0.717) is 0 Å². The van der Waals surface area contributed by atoms with E-state index < -0.39 is 7.34 Å². The van der Waals surface area contributed by atoms with Gasteiger partial charge >= 0.3 is 5.38 Å². The molecule has 0 aliphatic rings. The highest BCUT2D eigenvalue weighted by Crippen LogP contribution is 2.54. The lowest BCUT2D eigenvalue weighted by molar-refractivity contribution is 0.969. The molecule has 6 heterocycles. The lowest BCUT2D eigenvalue weighted by Gasteiger charge is -2.13. The van der Waals surface area contributed by atoms with Crippen LogP contribution in [0.1, 0.15) is 5.56 Å². The van der Waals surface area contributed by atoms with Crippen LogP contribution in [0.5, 0.6) is 0 Å². The van der Waals surface area contributed by atoms with Gasteiger partial charge in [-0.2, -0.15) is 0 Å². The fraction of sp³-hybridized carbons (Fsp3) is 0.0465. The van der Waals surface area contributed by atoms with E-state index in [1.165, 1.54) is 98.2 Å². The summed E-state index contributed by atoms with van der Waals surface area (Å²) in [4.78, 5) is 0. The van der Waals surface area contributed by atoms with E-state index in [-0.39, 0.29) is 0 Å². The first-order chi connectivity index (χ1) is 24.2. The third kappa shape index (κ3) is 2.98. The number of rotatable bonds is 2. The van der Waals surface area contributed by atoms with Crippen LogP contribution in [-0.4, -0.2) is 22.5 Å². The van der Waals surface area contributed by atoms with Gasteiger partial charge in [0.1, 0.15) is 11.2 Å². The molecule has 12 aromatic rings. The van der Waals surface area contributed by atoms with Gasteiger partial charge < -0.3 is 4.40 Å². The molecule has 6 aromatic carbocycles. The van der Waals surface area contributed by atoms with Gasteiger partial charge in [0.15, 0.2) is 10.2 Å². The third-order valence-electron chi connectivity index (χ3n) is 11.0. The molecule has 0 fully saturated rings. The Balaban J connectivity index is 1.56. The number of aryl methyl sites for hydroxylation is 2. The van der Waals surface area contributed by atoms with Crippen molar-refractivity contribution in [3.8, 4) is 11.4 Å². The number of imidazole rings is 1. The Kier molecular flexibility index (Phi) is 4.72. The first kappa shape index (κ1) is 26.0. The highest BCUT2D eigenvalue weighted by Gasteiger charge is 2.33. The van der Waals surface area contributed by atoms with Crippen LogP contribution in [0.2, 0.25) is 0 Å². The lowest BCUT2D eigenvalue weighted by Crippen LogP contribution is -2.01. The molecule has 0 saturated carbocycles. The van der Waals surface area contributed by atoms with E-state index >= 15 is 0 Å². The van der Waals surface area contributed by atoms with Crippen LogP contribution in [0.15, 0.2) is 140 Å². The van der Waals surface area contributed by atoms with Crippen molar-refractivity contribution in [1.29, 1.82) is 0 Å². The fourth-order valence-electron chi connectivity index (χ4n) is 9.14. The van der Waals surface area contributed by atoms with E-state index in [9.17, 15) is 0 Å². The summed E-state index contributed by atoms with van der Waals surface area (Å²) in [5.41, 5.74) is 12.5. The fourth-order valence-corrected chi connectivity index (χ4v) is 12.1. The summed E-state index contributed by atoms with van der Waals surface area (Å²) in [5.74, 6) is 0. The molecule has 0 radical (unpaired) electrons. The molecule has 1 atom stereocenters. The maximum atomic E-state index is 2.58. The van der Waals surface area contributed by atoms with Gasteiger partial charge in [-0.3, -0.25) is 18.1 Å². The SMILES string of the molecule is Cc1c2c3c4c5ccc6c4[p+](c4ccccc4n4c7ccccc7c(cc2n(-c2ccccc2)c3n5-c2ccccc2)c14)c1n(C)ccn61. The van der Waals surface area contributed by atoms with Crippen LogP contribution >= 0.6 is 7.34 Å². The Morgan fingerprint density at radius 3 is 1.96 bits per heavy atom. The van der Waals surface area contributed by atoms with E-state index in [1.54, 1.807) is 0 Å². The summed E-state index contributed by atoms with van der Waals surface area (Å²) in [5, 5.41) is 10.8. The molecule has 0 aliphatic carbocycles. The molecule has 6 aromatic heterocycles. The number of benzene rings is 6. The van der Waals surface area contributed by atoms with Gasteiger partial charge in [0, 0.05) is 52.4 Å². The molecular weight excluding hydrogens is 617 g/mol. The number of hydrogen-bond donors (Lipinski definition) is 0. The van der Waals surface area contributed by atoms with Crippen LogP contribution in [0, 0.1) is 6.92 Å². The first-order valence-corrected chi connectivity index (χ1v) is 18.2. The van der Waals surface area contributed by atoms with Gasteiger partial charge in [-0.1, -0.05) is 66.7 Å². The molecule has 0 aliphatic heterocycles. The van der Waals surface area contributed by atoms with Crippen molar-refractivity contribution in [2.75, 3.05) is 0 Å². The Bertz CT molecular complexity index is 3330. The quantitative estimate of drug-likeness (QED) is 0.178. The summed E-state index contributed by atoms with van der Waals surface area (Å²) >= 11 is 0. The number of nitrogens with zero attached hydrogens (tertiary/aromatic N) is 5. The van der Waals surface area contributed by atoms with Gasteiger partial charge in [-0.15, -0.1) is 0 Å². The predicted octanol–water partition coefficient (Wildman–Crippen LogP) is 11.5. The van der Waals surface area contributed by atoms with Crippen molar-refractivity contribution in [3.05, 3.63) is 145 Å². The Morgan fingerprint density at radius 1 is 0.531 bits per heavy atom. The van der Waals surface area contributed by atoms with Crippen molar-refractivity contribution in [2.24, 2.45) is 7.05 Å². The molecule has 2 bridgehead atoms. The summed E-state index contributed by atoms with van der Waals surface area (Å²) in [6.45, 7) is 2.36. The molecule has 230 valence electrons. The molecule has 0 N–H and O–H groups in total. The van der Waals surface area contributed by atoms with Gasteiger partial charge in [-0.25, -0.2) is 0 Å². The topological polar surface area (TPSA) is 23.6 Å². The van der Waals surface area contributed by atoms with E-state index in [1.807, 2.05) is 0 Å². The van der Waals surface area contributed by atoms with E-state index in [4.69, 9.17) is 0 Å². The van der Waals surface area contributed by atoms with Crippen LogP contribution in [0.25, 0.3) is 92.7 Å². The van der Waals surface area contributed by atoms with Crippen molar-refractivity contribution >= 4 is 88.6 Å². The molecule has 6 heteroatoms. The van der Waals surface area contributed by atoms with Gasteiger partial charge in [-0.05, 0) is 73.2 Å². The molecule has 1 unspecified atom stereocenters. The Labute approximate surface area is 281 Å². The smallest absolute Gasteiger partial charge is 0.305 e. The molecule has 0 spiro atoms.